The van der Waals surface area contributed by atoms with Crippen molar-refractivity contribution in [3.63, 3.8) is 0 Å². The molecule has 2 aromatic carbocycles. The molecule has 0 aliphatic carbocycles. The maximum Gasteiger partial charge on any atom is 0.318 e. The van der Waals surface area contributed by atoms with E-state index in [1.807, 2.05) is 35.2 Å². The first-order valence-corrected chi connectivity index (χ1v) is 11.3. The third-order valence-electron chi connectivity index (χ3n) is 6.53. The van der Waals surface area contributed by atoms with Crippen LogP contribution in [0.25, 0.3) is 0 Å². The Hall–Kier alpha value is -3.74. The van der Waals surface area contributed by atoms with Gasteiger partial charge in [-0.3, -0.25) is 4.79 Å². The van der Waals surface area contributed by atoms with Crippen LogP contribution in [-0.2, 0) is 11.3 Å². The minimum atomic E-state index is -0.237. The van der Waals surface area contributed by atoms with Crippen molar-refractivity contribution in [2.75, 3.05) is 25.1 Å². The molecule has 2 aliphatic rings. The van der Waals surface area contributed by atoms with Crippen molar-refractivity contribution >= 4 is 17.6 Å². The van der Waals surface area contributed by atoms with Gasteiger partial charge in [0.05, 0.1) is 19.2 Å². The summed E-state index contributed by atoms with van der Waals surface area (Å²) < 4.78 is 7.41. The minimum Gasteiger partial charge on any atom is -0.497 e. The number of nitrogens with zero attached hydrogens (tertiary/aromatic N) is 3. The van der Waals surface area contributed by atoms with Crippen LogP contribution >= 0.6 is 0 Å². The van der Waals surface area contributed by atoms with Gasteiger partial charge in [0.25, 0.3) is 0 Å². The monoisotopic (exact) mass is 444 g/mol. The SMILES string of the molecule is COc1ccc(N2CC(NC(=O)N3CCn4cccc4C3c3ccc(C)cc3)CC2=O)cc1. The topological polar surface area (TPSA) is 66.8 Å². The fraction of sp³-hybridized carbons (Fsp3) is 0.308. The van der Waals surface area contributed by atoms with Gasteiger partial charge in [-0.25, -0.2) is 4.79 Å². The molecule has 2 atom stereocenters. The van der Waals surface area contributed by atoms with Gasteiger partial charge < -0.3 is 24.4 Å². The Kier molecular flexibility index (Phi) is 5.54. The smallest absolute Gasteiger partial charge is 0.318 e. The molecule has 3 amide bonds. The molecule has 1 saturated heterocycles. The van der Waals surface area contributed by atoms with E-state index < -0.39 is 0 Å². The Morgan fingerprint density at radius 2 is 1.79 bits per heavy atom. The molecule has 2 aliphatic heterocycles. The van der Waals surface area contributed by atoms with Crippen LogP contribution in [0.4, 0.5) is 10.5 Å². The van der Waals surface area contributed by atoms with Gasteiger partial charge in [-0.1, -0.05) is 29.8 Å². The van der Waals surface area contributed by atoms with Crippen LogP contribution in [0.5, 0.6) is 5.75 Å². The van der Waals surface area contributed by atoms with Crippen LogP contribution in [0, 0.1) is 6.92 Å². The number of anilines is 1. The molecule has 5 rings (SSSR count). The minimum absolute atomic E-state index is 0.00747. The number of carbonyl (C=O) groups is 2. The maximum atomic E-state index is 13.4. The molecule has 7 heteroatoms. The quantitative estimate of drug-likeness (QED) is 0.667. The van der Waals surface area contributed by atoms with Gasteiger partial charge in [-0.15, -0.1) is 0 Å². The number of nitrogens with one attached hydrogen (secondary N) is 1. The van der Waals surface area contributed by atoms with Crippen molar-refractivity contribution in [2.24, 2.45) is 0 Å². The zero-order valence-electron chi connectivity index (χ0n) is 18.9. The number of rotatable bonds is 4. The highest BCUT2D eigenvalue weighted by atomic mass is 16.5. The molecular weight excluding hydrogens is 416 g/mol. The summed E-state index contributed by atoms with van der Waals surface area (Å²) in [5.74, 6) is 0.750. The number of fused-ring (bicyclic) bond motifs is 1. The van der Waals surface area contributed by atoms with E-state index in [-0.39, 0.29) is 30.4 Å². The molecule has 170 valence electrons. The highest BCUT2D eigenvalue weighted by molar-refractivity contribution is 5.96. The number of ether oxygens (including phenoxy) is 1. The second kappa shape index (κ2) is 8.65. The summed E-state index contributed by atoms with van der Waals surface area (Å²) in [5.41, 5.74) is 4.18. The number of hydrogen-bond acceptors (Lipinski definition) is 3. The van der Waals surface area contributed by atoms with Crippen molar-refractivity contribution < 1.29 is 14.3 Å². The summed E-state index contributed by atoms with van der Waals surface area (Å²) in [6.07, 6.45) is 2.35. The van der Waals surface area contributed by atoms with Gasteiger partial charge in [0.15, 0.2) is 0 Å². The molecule has 0 radical (unpaired) electrons. The summed E-state index contributed by atoms with van der Waals surface area (Å²) in [6.45, 7) is 3.87. The first kappa shape index (κ1) is 21.1. The first-order valence-electron chi connectivity index (χ1n) is 11.3. The zero-order valence-corrected chi connectivity index (χ0v) is 18.9. The molecule has 3 aromatic rings. The molecule has 3 heterocycles. The summed E-state index contributed by atoms with van der Waals surface area (Å²) in [6, 6.07) is 19.3. The molecule has 7 nitrogen and oxygen atoms in total. The van der Waals surface area contributed by atoms with E-state index in [0.717, 1.165) is 29.2 Å². The lowest BCUT2D eigenvalue weighted by molar-refractivity contribution is -0.117. The second-order valence-corrected chi connectivity index (χ2v) is 8.69. The molecule has 0 spiro atoms. The molecule has 2 unspecified atom stereocenters. The van der Waals surface area contributed by atoms with Crippen LogP contribution < -0.4 is 15.0 Å². The summed E-state index contributed by atoms with van der Waals surface area (Å²) in [4.78, 5) is 29.7. The van der Waals surface area contributed by atoms with Gasteiger partial charge in [-0.05, 0) is 48.9 Å². The van der Waals surface area contributed by atoms with E-state index in [1.165, 1.54) is 5.56 Å². The second-order valence-electron chi connectivity index (χ2n) is 8.69. The molecule has 0 bridgehead atoms. The van der Waals surface area contributed by atoms with Gasteiger partial charge in [-0.2, -0.15) is 0 Å². The molecule has 1 N–H and O–H groups in total. The highest BCUT2D eigenvalue weighted by Crippen LogP contribution is 2.33. The average Bonchev–Trinajstić information content (AvgIpc) is 3.45. The zero-order chi connectivity index (χ0) is 22.9. The van der Waals surface area contributed by atoms with Crippen LogP contribution in [-0.4, -0.2) is 47.6 Å². The summed E-state index contributed by atoms with van der Waals surface area (Å²) in [7, 11) is 1.61. The molecule has 1 fully saturated rings. The molecule has 1 aromatic heterocycles. The predicted octanol–water partition coefficient (Wildman–Crippen LogP) is 3.73. The van der Waals surface area contributed by atoms with Crippen molar-refractivity contribution in [3.8, 4) is 5.75 Å². The number of aryl methyl sites for hydroxylation is 1. The lowest BCUT2D eigenvalue weighted by Crippen LogP contribution is -2.50. The van der Waals surface area contributed by atoms with Gasteiger partial charge in [0, 0.05) is 43.6 Å². The summed E-state index contributed by atoms with van der Waals surface area (Å²) >= 11 is 0. The van der Waals surface area contributed by atoms with Crippen molar-refractivity contribution in [3.05, 3.63) is 83.7 Å². The fourth-order valence-corrected chi connectivity index (χ4v) is 4.78. The van der Waals surface area contributed by atoms with Gasteiger partial charge in [0.2, 0.25) is 5.91 Å². The Morgan fingerprint density at radius 3 is 2.52 bits per heavy atom. The van der Waals surface area contributed by atoms with Crippen molar-refractivity contribution in [1.82, 2.24) is 14.8 Å². The summed E-state index contributed by atoms with van der Waals surface area (Å²) in [5, 5.41) is 3.13. The van der Waals surface area contributed by atoms with E-state index in [1.54, 1.807) is 12.0 Å². The Morgan fingerprint density at radius 1 is 1.03 bits per heavy atom. The number of benzene rings is 2. The maximum absolute atomic E-state index is 13.4. The largest absolute Gasteiger partial charge is 0.497 e. The third-order valence-corrected chi connectivity index (χ3v) is 6.53. The van der Waals surface area contributed by atoms with Crippen LogP contribution in [0.3, 0.4) is 0 Å². The number of amides is 3. The third kappa shape index (κ3) is 4.06. The Balaban J connectivity index is 1.33. The van der Waals surface area contributed by atoms with E-state index in [9.17, 15) is 9.59 Å². The number of urea groups is 1. The lowest BCUT2D eigenvalue weighted by Gasteiger charge is -2.38. The molecular formula is C26H28N4O3. The predicted molar refractivity (Wildman–Crippen MR) is 126 cm³/mol. The van der Waals surface area contributed by atoms with E-state index in [4.69, 9.17) is 4.74 Å². The number of methoxy groups -OCH3 is 1. The normalized spacial score (nSPS) is 20.0. The number of carbonyl (C=O) groups excluding carboxylic acids is 2. The first-order chi connectivity index (χ1) is 16.0. The molecule has 0 saturated carbocycles. The van der Waals surface area contributed by atoms with Crippen LogP contribution in [0.1, 0.15) is 29.3 Å². The van der Waals surface area contributed by atoms with Crippen molar-refractivity contribution in [1.29, 1.82) is 0 Å². The van der Waals surface area contributed by atoms with E-state index in [0.29, 0.717) is 13.1 Å². The van der Waals surface area contributed by atoms with Gasteiger partial charge >= 0.3 is 6.03 Å². The Bertz CT molecular complexity index is 1150. The van der Waals surface area contributed by atoms with Crippen LogP contribution in [0.15, 0.2) is 66.9 Å². The number of aromatic nitrogens is 1. The fourth-order valence-electron chi connectivity index (χ4n) is 4.78. The molecule has 33 heavy (non-hydrogen) atoms. The Labute approximate surface area is 193 Å². The highest BCUT2D eigenvalue weighted by Gasteiger charge is 2.36. The standard InChI is InChI=1S/C26H28N4O3/c1-18-5-7-19(8-6-18)25-23-4-3-13-28(23)14-15-29(25)26(32)27-20-16-24(31)30(17-20)21-9-11-22(33-2)12-10-21/h3-13,20,25H,14-17H2,1-2H3,(H,27,32). The van der Waals surface area contributed by atoms with Crippen molar-refractivity contribution in [2.45, 2.75) is 32.0 Å². The van der Waals surface area contributed by atoms with Crippen LogP contribution in [0.2, 0.25) is 0 Å². The van der Waals surface area contributed by atoms with E-state index >= 15 is 0 Å². The van der Waals surface area contributed by atoms with Gasteiger partial charge in [0.1, 0.15) is 5.75 Å². The lowest BCUT2D eigenvalue weighted by atomic mass is 9.99. The number of hydrogen-bond donors (Lipinski definition) is 1. The van der Waals surface area contributed by atoms with E-state index in [2.05, 4.69) is 53.3 Å². The average molecular weight is 445 g/mol.